The van der Waals surface area contributed by atoms with Gasteiger partial charge >= 0.3 is 6.03 Å². The van der Waals surface area contributed by atoms with Crippen LogP contribution < -0.4 is 15.4 Å². The first kappa shape index (κ1) is 18.7. The van der Waals surface area contributed by atoms with Crippen molar-refractivity contribution in [2.24, 2.45) is 0 Å². The first-order valence-corrected chi connectivity index (χ1v) is 8.81. The Bertz CT molecular complexity index is 928. The van der Waals surface area contributed by atoms with Crippen LogP contribution in [0.3, 0.4) is 0 Å². The first-order valence-electron chi connectivity index (χ1n) is 8.02. The van der Waals surface area contributed by atoms with Crippen molar-refractivity contribution < 1.29 is 19.1 Å². The van der Waals surface area contributed by atoms with E-state index in [1.165, 1.54) is 7.05 Å². The molecule has 8 heteroatoms. The number of hydrogen-bond donors (Lipinski definition) is 2. The van der Waals surface area contributed by atoms with E-state index in [4.69, 9.17) is 4.74 Å². The van der Waals surface area contributed by atoms with Crippen molar-refractivity contribution in [1.82, 2.24) is 10.2 Å². The van der Waals surface area contributed by atoms with Gasteiger partial charge in [-0.05, 0) is 51.8 Å². The van der Waals surface area contributed by atoms with Gasteiger partial charge < -0.3 is 15.4 Å². The lowest BCUT2D eigenvalue weighted by molar-refractivity contribution is -0.122. The summed E-state index contributed by atoms with van der Waals surface area (Å²) in [5.74, 6) is -0.185. The number of imide groups is 1. The highest BCUT2D eigenvalue weighted by Crippen LogP contribution is 2.27. The number of benzene rings is 2. The fourth-order valence-corrected chi connectivity index (χ4v) is 2.89. The van der Waals surface area contributed by atoms with E-state index in [2.05, 4.69) is 26.6 Å². The molecule has 0 aromatic heterocycles. The second-order valence-corrected chi connectivity index (χ2v) is 6.60. The number of nitrogens with one attached hydrogen (secondary N) is 2. The van der Waals surface area contributed by atoms with Gasteiger partial charge in [-0.15, -0.1) is 0 Å². The third-order valence-corrected chi connectivity index (χ3v) is 4.38. The number of carbonyl (C=O) groups excluding carboxylic acids is 3. The summed E-state index contributed by atoms with van der Waals surface area (Å²) in [6, 6.07) is 13.8. The summed E-state index contributed by atoms with van der Waals surface area (Å²) in [6.07, 6.45) is 1.57. The number of urea groups is 1. The van der Waals surface area contributed by atoms with Crippen LogP contribution in [0.5, 0.6) is 5.75 Å². The molecule has 1 aliphatic rings. The molecule has 2 aromatic carbocycles. The Labute approximate surface area is 164 Å². The summed E-state index contributed by atoms with van der Waals surface area (Å²) >= 11 is 3.38. The molecule has 1 fully saturated rings. The number of likely N-dealkylation sites (N-methyl/N-ethyl adjacent to an activating group) is 1. The standard InChI is InChI=1S/C19H16BrN3O4/c1-23-18(25)15(22-19(23)26)10-12-7-8-16(14(20)9-12)27-11-17(24)21-13-5-3-2-4-6-13/h2-10H,11H2,1H3,(H,21,24)(H,22,26)/b15-10+. The van der Waals surface area contributed by atoms with Crippen LogP contribution in [0.15, 0.2) is 58.7 Å². The molecule has 0 atom stereocenters. The van der Waals surface area contributed by atoms with Gasteiger partial charge in [-0.1, -0.05) is 24.3 Å². The molecule has 0 radical (unpaired) electrons. The molecule has 3 rings (SSSR count). The van der Waals surface area contributed by atoms with Crippen molar-refractivity contribution in [2.75, 3.05) is 19.0 Å². The molecule has 0 bridgehead atoms. The fraction of sp³-hybridized carbons (Fsp3) is 0.105. The summed E-state index contributed by atoms with van der Waals surface area (Å²) in [5.41, 5.74) is 1.59. The summed E-state index contributed by atoms with van der Waals surface area (Å²) in [7, 11) is 1.41. The van der Waals surface area contributed by atoms with Gasteiger partial charge in [-0.25, -0.2) is 4.79 Å². The highest BCUT2D eigenvalue weighted by atomic mass is 79.9. The van der Waals surface area contributed by atoms with E-state index < -0.39 is 11.9 Å². The lowest BCUT2D eigenvalue weighted by atomic mass is 10.2. The van der Waals surface area contributed by atoms with Crippen LogP contribution in [-0.4, -0.2) is 36.4 Å². The Morgan fingerprint density at radius 3 is 2.59 bits per heavy atom. The summed E-state index contributed by atoms with van der Waals surface area (Å²) in [6.45, 7) is -0.146. The number of para-hydroxylation sites is 1. The molecule has 2 N–H and O–H groups in total. The number of nitrogens with zero attached hydrogens (tertiary/aromatic N) is 1. The van der Waals surface area contributed by atoms with Gasteiger partial charge in [-0.3, -0.25) is 14.5 Å². The number of hydrogen-bond acceptors (Lipinski definition) is 4. The first-order chi connectivity index (χ1) is 12.9. The minimum Gasteiger partial charge on any atom is -0.483 e. The second-order valence-electron chi connectivity index (χ2n) is 5.75. The average molecular weight is 430 g/mol. The van der Waals surface area contributed by atoms with Crippen molar-refractivity contribution in [3.63, 3.8) is 0 Å². The zero-order valence-electron chi connectivity index (χ0n) is 14.4. The van der Waals surface area contributed by atoms with Crippen LogP contribution >= 0.6 is 15.9 Å². The molecule has 27 heavy (non-hydrogen) atoms. The maximum Gasteiger partial charge on any atom is 0.328 e. The number of rotatable bonds is 5. The molecule has 1 aliphatic heterocycles. The van der Waals surface area contributed by atoms with E-state index >= 15 is 0 Å². The molecule has 0 saturated carbocycles. The topological polar surface area (TPSA) is 87.7 Å². The van der Waals surface area contributed by atoms with Crippen molar-refractivity contribution in [1.29, 1.82) is 0 Å². The van der Waals surface area contributed by atoms with Crippen LogP contribution in [0.4, 0.5) is 10.5 Å². The number of amides is 4. The van der Waals surface area contributed by atoms with Crippen LogP contribution in [0, 0.1) is 0 Å². The minimum atomic E-state index is -0.463. The van der Waals surface area contributed by atoms with Gasteiger partial charge in [0.15, 0.2) is 6.61 Å². The van der Waals surface area contributed by atoms with Gasteiger partial charge in [0, 0.05) is 12.7 Å². The largest absolute Gasteiger partial charge is 0.483 e. The Morgan fingerprint density at radius 1 is 1.22 bits per heavy atom. The molecule has 0 unspecified atom stereocenters. The third kappa shape index (κ3) is 4.53. The van der Waals surface area contributed by atoms with Crippen molar-refractivity contribution in [3.8, 4) is 5.75 Å². The smallest absolute Gasteiger partial charge is 0.328 e. The third-order valence-electron chi connectivity index (χ3n) is 3.76. The zero-order valence-corrected chi connectivity index (χ0v) is 15.9. The molecule has 4 amide bonds. The van der Waals surface area contributed by atoms with E-state index in [0.717, 1.165) is 4.90 Å². The second kappa shape index (κ2) is 8.05. The number of anilines is 1. The predicted octanol–water partition coefficient (Wildman–Crippen LogP) is 2.99. The van der Waals surface area contributed by atoms with Crippen LogP contribution in [-0.2, 0) is 9.59 Å². The molecule has 1 heterocycles. The van der Waals surface area contributed by atoms with Gasteiger partial charge in [0.1, 0.15) is 11.4 Å². The van der Waals surface area contributed by atoms with Gasteiger partial charge in [0.05, 0.1) is 4.47 Å². The van der Waals surface area contributed by atoms with E-state index in [1.807, 2.05) is 18.2 Å². The highest BCUT2D eigenvalue weighted by Gasteiger charge is 2.29. The molecule has 138 valence electrons. The Morgan fingerprint density at radius 2 is 1.96 bits per heavy atom. The van der Waals surface area contributed by atoms with E-state index in [1.54, 1.807) is 36.4 Å². The maximum atomic E-state index is 11.9. The highest BCUT2D eigenvalue weighted by molar-refractivity contribution is 9.10. The van der Waals surface area contributed by atoms with Crippen LogP contribution in [0.1, 0.15) is 5.56 Å². The monoisotopic (exact) mass is 429 g/mol. The number of carbonyl (C=O) groups is 3. The number of ether oxygens (including phenoxy) is 1. The minimum absolute atomic E-state index is 0.146. The van der Waals surface area contributed by atoms with Crippen molar-refractivity contribution in [3.05, 3.63) is 64.3 Å². The van der Waals surface area contributed by atoms with Gasteiger partial charge in [-0.2, -0.15) is 0 Å². The van der Waals surface area contributed by atoms with E-state index in [0.29, 0.717) is 21.5 Å². The molecule has 1 saturated heterocycles. The lowest BCUT2D eigenvalue weighted by Crippen LogP contribution is -2.25. The summed E-state index contributed by atoms with van der Waals surface area (Å²) in [5, 5.41) is 5.23. The molecule has 0 aliphatic carbocycles. The maximum absolute atomic E-state index is 11.9. The van der Waals surface area contributed by atoms with Crippen LogP contribution in [0.25, 0.3) is 6.08 Å². The molecular weight excluding hydrogens is 414 g/mol. The number of halogens is 1. The lowest BCUT2D eigenvalue weighted by Gasteiger charge is -2.09. The Hall–Kier alpha value is -3.13. The molecule has 7 nitrogen and oxygen atoms in total. The summed E-state index contributed by atoms with van der Waals surface area (Å²) in [4.78, 5) is 36.3. The van der Waals surface area contributed by atoms with Gasteiger partial charge in [0.25, 0.3) is 11.8 Å². The van der Waals surface area contributed by atoms with Crippen molar-refractivity contribution in [2.45, 2.75) is 0 Å². The molecule has 2 aromatic rings. The zero-order chi connectivity index (χ0) is 19.4. The molecule has 0 spiro atoms. The average Bonchev–Trinajstić information content (AvgIpc) is 2.89. The van der Waals surface area contributed by atoms with E-state index in [9.17, 15) is 14.4 Å². The van der Waals surface area contributed by atoms with Crippen LogP contribution in [0.2, 0.25) is 0 Å². The quantitative estimate of drug-likeness (QED) is 0.564. The van der Waals surface area contributed by atoms with Gasteiger partial charge in [0.2, 0.25) is 0 Å². The molecular formula is C19H16BrN3O4. The SMILES string of the molecule is CN1C(=O)N/C(=C/c2ccc(OCC(=O)Nc3ccccc3)c(Br)c2)C1=O. The Balaban J connectivity index is 1.62. The Kier molecular flexibility index (Phi) is 5.56. The van der Waals surface area contributed by atoms with E-state index in [-0.39, 0.29) is 18.2 Å². The summed E-state index contributed by atoms with van der Waals surface area (Å²) < 4.78 is 6.15. The normalized spacial score (nSPS) is 15.0. The fourth-order valence-electron chi connectivity index (χ4n) is 2.38. The van der Waals surface area contributed by atoms with Crippen molar-refractivity contribution >= 4 is 45.5 Å². The predicted molar refractivity (Wildman–Crippen MR) is 104 cm³/mol.